The molecular weight excluding hydrogens is 214 g/mol. The van der Waals surface area contributed by atoms with Gasteiger partial charge in [-0.15, -0.1) is 0 Å². The number of rotatable bonds is 4. The first-order chi connectivity index (χ1) is 8.27. The van der Waals surface area contributed by atoms with Gasteiger partial charge in [0.15, 0.2) is 0 Å². The molecular formula is C14H19NO2. The van der Waals surface area contributed by atoms with E-state index in [1.54, 1.807) is 0 Å². The number of nitrogens with one attached hydrogen (secondary N) is 1. The van der Waals surface area contributed by atoms with E-state index in [1.807, 2.05) is 6.07 Å². The number of aliphatic carboxylic acids is 1. The molecule has 1 aliphatic carbocycles. The van der Waals surface area contributed by atoms with Gasteiger partial charge in [-0.1, -0.05) is 43.2 Å². The van der Waals surface area contributed by atoms with Crippen LogP contribution < -0.4 is 5.32 Å². The van der Waals surface area contributed by atoms with Crippen LogP contribution in [0.3, 0.4) is 0 Å². The van der Waals surface area contributed by atoms with Gasteiger partial charge in [-0.25, -0.2) is 0 Å². The molecule has 3 heteroatoms. The minimum absolute atomic E-state index is 0.0635. The molecule has 92 valence electrons. The number of carbonyl (C=O) groups is 1. The molecule has 2 rings (SSSR count). The summed E-state index contributed by atoms with van der Waals surface area (Å²) < 4.78 is 0. The third-order valence-electron chi connectivity index (χ3n) is 3.51. The fourth-order valence-electron chi connectivity index (χ4n) is 2.69. The number of hydrogen-bond acceptors (Lipinski definition) is 2. The van der Waals surface area contributed by atoms with E-state index in [4.69, 9.17) is 5.11 Å². The quantitative estimate of drug-likeness (QED) is 0.839. The topological polar surface area (TPSA) is 49.3 Å². The summed E-state index contributed by atoms with van der Waals surface area (Å²) in [5.41, 5.74) is 1.33. The highest BCUT2D eigenvalue weighted by Crippen LogP contribution is 2.32. The van der Waals surface area contributed by atoms with Crippen LogP contribution in [-0.4, -0.2) is 23.7 Å². The van der Waals surface area contributed by atoms with Crippen molar-refractivity contribution in [3.8, 4) is 0 Å². The van der Waals surface area contributed by atoms with Gasteiger partial charge in [0.2, 0.25) is 0 Å². The zero-order chi connectivity index (χ0) is 12.1. The first kappa shape index (κ1) is 12.1. The van der Waals surface area contributed by atoms with Crippen LogP contribution in [0.5, 0.6) is 0 Å². The van der Waals surface area contributed by atoms with Crippen LogP contribution in [0.15, 0.2) is 30.3 Å². The zero-order valence-corrected chi connectivity index (χ0v) is 9.93. The normalized spacial score (nSPS) is 24.5. The summed E-state index contributed by atoms with van der Waals surface area (Å²) in [6.45, 7) is 0.0635. The maximum absolute atomic E-state index is 10.6. The Kier molecular flexibility index (Phi) is 4.15. The minimum atomic E-state index is -0.776. The summed E-state index contributed by atoms with van der Waals surface area (Å²) >= 11 is 0. The van der Waals surface area contributed by atoms with Gasteiger partial charge in [0.05, 0.1) is 6.54 Å². The Bertz CT molecular complexity index is 364. The first-order valence-electron chi connectivity index (χ1n) is 6.27. The van der Waals surface area contributed by atoms with Crippen molar-refractivity contribution in [2.75, 3.05) is 6.54 Å². The van der Waals surface area contributed by atoms with E-state index in [-0.39, 0.29) is 6.54 Å². The van der Waals surface area contributed by atoms with Crippen molar-refractivity contribution >= 4 is 5.97 Å². The maximum atomic E-state index is 10.6. The fourth-order valence-corrected chi connectivity index (χ4v) is 2.69. The molecule has 1 aromatic rings. The molecule has 1 fully saturated rings. The van der Waals surface area contributed by atoms with E-state index >= 15 is 0 Å². The van der Waals surface area contributed by atoms with Gasteiger partial charge in [-0.05, 0) is 24.3 Å². The fraction of sp³-hybridized carbons (Fsp3) is 0.500. The minimum Gasteiger partial charge on any atom is -0.480 e. The monoisotopic (exact) mass is 233 g/mol. The second kappa shape index (κ2) is 5.82. The molecule has 1 saturated carbocycles. The summed E-state index contributed by atoms with van der Waals surface area (Å²) in [4.78, 5) is 10.6. The van der Waals surface area contributed by atoms with Crippen molar-refractivity contribution in [1.82, 2.24) is 5.32 Å². The average Bonchev–Trinajstić information content (AvgIpc) is 2.38. The third kappa shape index (κ3) is 3.30. The molecule has 2 atom stereocenters. The van der Waals surface area contributed by atoms with Gasteiger partial charge in [0, 0.05) is 6.04 Å². The van der Waals surface area contributed by atoms with E-state index in [2.05, 4.69) is 29.6 Å². The summed E-state index contributed by atoms with van der Waals surface area (Å²) in [5.74, 6) is -0.313. The zero-order valence-electron chi connectivity index (χ0n) is 9.93. The van der Waals surface area contributed by atoms with Gasteiger partial charge < -0.3 is 10.4 Å². The molecule has 0 saturated heterocycles. The Morgan fingerprint density at radius 2 is 1.94 bits per heavy atom. The molecule has 0 amide bonds. The highest BCUT2D eigenvalue weighted by molar-refractivity contribution is 5.69. The lowest BCUT2D eigenvalue weighted by Gasteiger charge is -2.32. The van der Waals surface area contributed by atoms with Gasteiger partial charge in [-0.2, -0.15) is 0 Å². The lowest BCUT2D eigenvalue weighted by atomic mass is 9.80. The lowest BCUT2D eigenvalue weighted by Crippen LogP contribution is -2.39. The predicted molar refractivity (Wildman–Crippen MR) is 67.1 cm³/mol. The Morgan fingerprint density at radius 1 is 1.24 bits per heavy atom. The molecule has 0 aromatic heterocycles. The van der Waals surface area contributed by atoms with Crippen molar-refractivity contribution in [2.24, 2.45) is 0 Å². The number of benzene rings is 1. The van der Waals surface area contributed by atoms with Crippen LogP contribution in [0.25, 0.3) is 0 Å². The average molecular weight is 233 g/mol. The Balaban J connectivity index is 2.04. The van der Waals surface area contributed by atoms with Crippen LogP contribution >= 0.6 is 0 Å². The van der Waals surface area contributed by atoms with Crippen LogP contribution in [0, 0.1) is 0 Å². The van der Waals surface area contributed by atoms with E-state index < -0.39 is 5.97 Å². The molecule has 0 radical (unpaired) electrons. The smallest absolute Gasteiger partial charge is 0.317 e. The molecule has 1 aromatic carbocycles. The number of carboxylic acids is 1. The Labute approximate surface area is 102 Å². The van der Waals surface area contributed by atoms with E-state index in [9.17, 15) is 4.79 Å². The third-order valence-corrected chi connectivity index (χ3v) is 3.51. The molecule has 2 N–H and O–H groups in total. The van der Waals surface area contributed by atoms with Crippen LogP contribution in [0.2, 0.25) is 0 Å². The molecule has 0 heterocycles. The van der Waals surface area contributed by atoms with Crippen molar-refractivity contribution in [2.45, 2.75) is 37.6 Å². The first-order valence-corrected chi connectivity index (χ1v) is 6.27. The van der Waals surface area contributed by atoms with Crippen molar-refractivity contribution in [3.05, 3.63) is 35.9 Å². The number of hydrogen-bond donors (Lipinski definition) is 2. The second-order valence-electron chi connectivity index (χ2n) is 4.68. The maximum Gasteiger partial charge on any atom is 0.317 e. The molecule has 0 spiro atoms. The molecule has 17 heavy (non-hydrogen) atoms. The van der Waals surface area contributed by atoms with Gasteiger partial charge in [-0.3, -0.25) is 4.79 Å². The van der Waals surface area contributed by atoms with Crippen molar-refractivity contribution in [1.29, 1.82) is 0 Å². The summed E-state index contributed by atoms with van der Waals surface area (Å²) in [6.07, 6.45) is 4.67. The number of carboxylic acid groups (broad SMARTS) is 1. The van der Waals surface area contributed by atoms with Crippen LogP contribution in [0.4, 0.5) is 0 Å². The molecule has 0 unspecified atom stereocenters. The molecule has 0 bridgehead atoms. The Morgan fingerprint density at radius 3 is 2.65 bits per heavy atom. The largest absolute Gasteiger partial charge is 0.480 e. The SMILES string of the molecule is O=C(O)CN[C@@H]1CCCC[C@@H]1c1ccccc1. The highest BCUT2D eigenvalue weighted by Gasteiger charge is 2.26. The van der Waals surface area contributed by atoms with E-state index in [1.165, 1.54) is 18.4 Å². The summed E-state index contributed by atoms with van der Waals surface area (Å²) in [6, 6.07) is 10.7. The van der Waals surface area contributed by atoms with E-state index in [0.29, 0.717) is 12.0 Å². The molecule has 3 nitrogen and oxygen atoms in total. The van der Waals surface area contributed by atoms with Crippen LogP contribution in [-0.2, 0) is 4.79 Å². The van der Waals surface area contributed by atoms with Crippen LogP contribution in [0.1, 0.15) is 37.2 Å². The molecule has 1 aliphatic rings. The second-order valence-corrected chi connectivity index (χ2v) is 4.68. The highest BCUT2D eigenvalue weighted by atomic mass is 16.4. The van der Waals surface area contributed by atoms with Gasteiger partial charge >= 0.3 is 5.97 Å². The Hall–Kier alpha value is -1.35. The van der Waals surface area contributed by atoms with E-state index in [0.717, 1.165) is 12.8 Å². The molecule has 0 aliphatic heterocycles. The van der Waals surface area contributed by atoms with Gasteiger partial charge in [0.1, 0.15) is 0 Å². The van der Waals surface area contributed by atoms with Gasteiger partial charge in [0.25, 0.3) is 0 Å². The summed E-state index contributed by atoms with van der Waals surface area (Å²) in [7, 11) is 0. The van der Waals surface area contributed by atoms with Crippen molar-refractivity contribution in [3.63, 3.8) is 0 Å². The predicted octanol–water partition coefficient (Wildman–Crippen LogP) is 2.39. The standard InChI is InChI=1S/C14H19NO2/c16-14(17)10-15-13-9-5-4-8-12(13)11-6-2-1-3-7-11/h1-3,6-7,12-13,15H,4-5,8-10H2,(H,16,17)/t12-,13-/m1/s1. The summed E-state index contributed by atoms with van der Waals surface area (Å²) in [5, 5.41) is 11.9. The van der Waals surface area contributed by atoms with Crippen molar-refractivity contribution < 1.29 is 9.90 Å². The lowest BCUT2D eigenvalue weighted by molar-refractivity contribution is -0.136.